The molecule has 0 amide bonds. The first-order valence-corrected chi connectivity index (χ1v) is 7.45. The van der Waals surface area contributed by atoms with Crippen LogP contribution in [0.25, 0.3) is 10.9 Å². The number of rotatable bonds is 3. The summed E-state index contributed by atoms with van der Waals surface area (Å²) < 4.78 is 2.18. The first-order valence-electron chi connectivity index (χ1n) is 6.69. The van der Waals surface area contributed by atoms with Gasteiger partial charge in [-0.3, -0.25) is 0 Å². The third kappa shape index (κ3) is 2.44. The molecule has 2 aromatic carbocycles. The van der Waals surface area contributed by atoms with Crippen LogP contribution in [0.5, 0.6) is 0 Å². The Bertz CT molecular complexity index is 739. The summed E-state index contributed by atoms with van der Waals surface area (Å²) in [6.07, 6.45) is 3.14. The van der Waals surface area contributed by atoms with Crippen molar-refractivity contribution in [1.29, 1.82) is 0 Å². The second-order valence-electron chi connectivity index (χ2n) is 4.89. The van der Waals surface area contributed by atoms with Gasteiger partial charge < -0.3 is 4.57 Å². The van der Waals surface area contributed by atoms with Crippen molar-refractivity contribution >= 4 is 34.1 Å². The van der Waals surface area contributed by atoms with Crippen LogP contribution in [-0.4, -0.2) is 4.57 Å². The predicted molar refractivity (Wildman–Crippen MR) is 86.9 cm³/mol. The van der Waals surface area contributed by atoms with Gasteiger partial charge in [0.05, 0.1) is 6.54 Å². The molecule has 0 unspecified atom stereocenters. The number of hydrogen-bond donors (Lipinski definition) is 0. The molecular formula is C17H15Cl2N. The van der Waals surface area contributed by atoms with Gasteiger partial charge in [0.25, 0.3) is 0 Å². The van der Waals surface area contributed by atoms with Crippen molar-refractivity contribution in [1.82, 2.24) is 4.57 Å². The van der Waals surface area contributed by atoms with Gasteiger partial charge in [0.2, 0.25) is 0 Å². The second kappa shape index (κ2) is 5.51. The van der Waals surface area contributed by atoms with E-state index in [0.29, 0.717) is 16.6 Å². The average molecular weight is 304 g/mol. The first kappa shape index (κ1) is 13.5. The number of aromatic nitrogens is 1. The number of halogens is 2. The zero-order valence-corrected chi connectivity index (χ0v) is 12.7. The molecule has 1 aromatic heterocycles. The second-order valence-corrected chi connectivity index (χ2v) is 5.70. The number of fused-ring (bicyclic) bond motifs is 1. The maximum Gasteiger partial charge on any atom is 0.0505 e. The van der Waals surface area contributed by atoms with Crippen molar-refractivity contribution in [2.45, 2.75) is 19.9 Å². The van der Waals surface area contributed by atoms with E-state index in [1.54, 1.807) is 0 Å². The molecule has 0 aliphatic carbocycles. The van der Waals surface area contributed by atoms with Crippen molar-refractivity contribution in [2.24, 2.45) is 0 Å². The maximum atomic E-state index is 6.25. The molecule has 0 atom stereocenters. The Labute approximate surface area is 128 Å². The number of aryl methyl sites for hydroxylation is 1. The van der Waals surface area contributed by atoms with Crippen LogP contribution in [0.4, 0.5) is 0 Å². The van der Waals surface area contributed by atoms with Crippen molar-refractivity contribution < 1.29 is 0 Å². The molecule has 1 heterocycles. The van der Waals surface area contributed by atoms with Crippen LogP contribution in [-0.2, 0) is 13.0 Å². The molecule has 0 radical (unpaired) electrons. The highest BCUT2D eigenvalue weighted by Crippen LogP contribution is 2.27. The van der Waals surface area contributed by atoms with Gasteiger partial charge in [-0.15, -0.1) is 0 Å². The highest BCUT2D eigenvalue weighted by atomic mass is 35.5. The summed E-state index contributed by atoms with van der Waals surface area (Å²) in [5, 5.41) is 2.68. The van der Waals surface area contributed by atoms with E-state index in [4.69, 9.17) is 23.2 Å². The molecule has 3 heteroatoms. The highest BCUT2D eigenvalue weighted by Gasteiger charge is 2.08. The minimum atomic E-state index is 0.688. The molecule has 0 fully saturated rings. The van der Waals surface area contributed by atoms with Gasteiger partial charge in [-0.05, 0) is 47.7 Å². The summed E-state index contributed by atoms with van der Waals surface area (Å²) >= 11 is 12.5. The fraction of sp³-hybridized carbons (Fsp3) is 0.176. The molecule has 0 aliphatic rings. The van der Waals surface area contributed by atoms with Crippen LogP contribution in [0.2, 0.25) is 10.0 Å². The summed E-state index contributed by atoms with van der Waals surface area (Å²) in [4.78, 5) is 0. The van der Waals surface area contributed by atoms with Crippen LogP contribution < -0.4 is 0 Å². The lowest BCUT2D eigenvalue weighted by Gasteiger charge is -2.10. The maximum absolute atomic E-state index is 6.25. The Hall–Kier alpha value is -1.44. The lowest BCUT2D eigenvalue weighted by atomic mass is 10.1. The van der Waals surface area contributed by atoms with Gasteiger partial charge >= 0.3 is 0 Å². The number of nitrogens with zero attached hydrogens (tertiary/aromatic N) is 1. The van der Waals surface area contributed by atoms with Crippen LogP contribution in [0.15, 0.2) is 48.7 Å². The van der Waals surface area contributed by atoms with Gasteiger partial charge in [0, 0.05) is 27.3 Å². The molecule has 1 nitrogen and oxygen atoms in total. The zero-order valence-electron chi connectivity index (χ0n) is 11.2. The molecule has 20 heavy (non-hydrogen) atoms. The van der Waals surface area contributed by atoms with E-state index in [1.807, 2.05) is 18.2 Å². The normalized spacial score (nSPS) is 11.2. The van der Waals surface area contributed by atoms with E-state index in [-0.39, 0.29) is 0 Å². The van der Waals surface area contributed by atoms with E-state index in [0.717, 1.165) is 12.0 Å². The molecule has 0 aliphatic heterocycles. The van der Waals surface area contributed by atoms with Crippen molar-refractivity contribution in [2.75, 3.05) is 0 Å². The molecule has 0 bridgehead atoms. The van der Waals surface area contributed by atoms with Gasteiger partial charge in [-0.25, -0.2) is 0 Å². The summed E-state index contributed by atoms with van der Waals surface area (Å²) in [6, 6.07) is 14.3. The standard InChI is InChI=1S/C17H15Cl2N/c1-2-12-6-7-17-13(10-12)8-9-20(17)11-14-15(18)4-3-5-16(14)19/h3-10H,2,11H2,1H3. The van der Waals surface area contributed by atoms with Crippen molar-refractivity contribution in [3.8, 4) is 0 Å². The molecule has 3 aromatic rings. The van der Waals surface area contributed by atoms with Gasteiger partial charge in [0.15, 0.2) is 0 Å². The largest absolute Gasteiger partial charge is 0.343 e. The molecule has 102 valence electrons. The van der Waals surface area contributed by atoms with Crippen LogP contribution in [0.1, 0.15) is 18.1 Å². The van der Waals surface area contributed by atoms with E-state index < -0.39 is 0 Å². The molecule has 3 rings (SSSR count). The van der Waals surface area contributed by atoms with E-state index in [9.17, 15) is 0 Å². The van der Waals surface area contributed by atoms with Crippen LogP contribution in [0, 0.1) is 0 Å². The number of benzene rings is 2. The summed E-state index contributed by atoms with van der Waals surface area (Å²) in [5.41, 5.74) is 3.53. The Morgan fingerprint density at radius 2 is 1.75 bits per heavy atom. The smallest absolute Gasteiger partial charge is 0.0505 e. The topological polar surface area (TPSA) is 4.93 Å². The van der Waals surface area contributed by atoms with E-state index >= 15 is 0 Å². The highest BCUT2D eigenvalue weighted by molar-refractivity contribution is 6.36. The predicted octanol–water partition coefficient (Wildman–Crippen LogP) is 5.56. The van der Waals surface area contributed by atoms with Gasteiger partial charge in [-0.2, -0.15) is 0 Å². The SMILES string of the molecule is CCc1ccc2c(ccn2Cc2c(Cl)cccc2Cl)c1. The third-order valence-electron chi connectivity index (χ3n) is 3.63. The lowest BCUT2D eigenvalue weighted by Crippen LogP contribution is -1.99. The quantitative estimate of drug-likeness (QED) is 0.597. The zero-order chi connectivity index (χ0) is 14.1. The summed E-state index contributed by atoms with van der Waals surface area (Å²) in [5.74, 6) is 0. The Balaban J connectivity index is 2.03. The molecule has 0 saturated carbocycles. The average Bonchev–Trinajstić information content (AvgIpc) is 2.85. The van der Waals surface area contributed by atoms with Gasteiger partial charge in [-0.1, -0.05) is 42.3 Å². The first-order chi connectivity index (χ1) is 9.69. The monoisotopic (exact) mass is 303 g/mol. The van der Waals surface area contributed by atoms with E-state index in [1.165, 1.54) is 16.5 Å². The van der Waals surface area contributed by atoms with E-state index in [2.05, 4.69) is 42.0 Å². The minimum Gasteiger partial charge on any atom is -0.343 e. The number of hydrogen-bond acceptors (Lipinski definition) is 0. The summed E-state index contributed by atoms with van der Waals surface area (Å²) in [6.45, 7) is 2.86. The fourth-order valence-electron chi connectivity index (χ4n) is 2.46. The fourth-order valence-corrected chi connectivity index (χ4v) is 2.98. The molecule has 0 spiro atoms. The van der Waals surface area contributed by atoms with Crippen LogP contribution in [0.3, 0.4) is 0 Å². The van der Waals surface area contributed by atoms with Crippen molar-refractivity contribution in [3.63, 3.8) is 0 Å². The third-order valence-corrected chi connectivity index (χ3v) is 4.34. The summed E-state index contributed by atoms with van der Waals surface area (Å²) in [7, 11) is 0. The minimum absolute atomic E-state index is 0.688. The lowest BCUT2D eigenvalue weighted by molar-refractivity contribution is 0.837. The molecular weight excluding hydrogens is 289 g/mol. The Kier molecular flexibility index (Phi) is 3.73. The Morgan fingerprint density at radius 3 is 2.45 bits per heavy atom. The Morgan fingerprint density at radius 1 is 1.00 bits per heavy atom. The van der Waals surface area contributed by atoms with Gasteiger partial charge in [0.1, 0.15) is 0 Å². The molecule has 0 saturated heterocycles. The molecule has 0 N–H and O–H groups in total. The van der Waals surface area contributed by atoms with Crippen LogP contribution >= 0.6 is 23.2 Å². The van der Waals surface area contributed by atoms with Crippen molar-refractivity contribution in [3.05, 3.63) is 69.8 Å².